The fraction of sp³-hybridized carbons (Fsp3) is 0.133. The third kappa shape index (κ3) is 4.03. The van der Waals surface area contributed by atoms with Crippen molar-refractivity contribution in [2.24, 2.45) is 0 Å². The van der Waals surface area contributed by atoms with Crippen LogP contribution in [0, 0.1) is 0 Å². The van der Waals surface area contributed by atoms with Crippen LogP contribution in [0.25, 0.3) is 11.1 Å². The number of amides is 1. The molecule has 0 saturated heterocycles. The molecular formula is C15H13ClN2O3. The number of benzene rings is 1. The lowest BCUT2D eigenvalue weighted by Gasteiger charge is -2.06. The van der Waals surface area contributed by atoms with Crippen LogP contribution < -0.4 is 5.32 Å². The third-order valence-electron chi connectivity index (χ3n) is 2.79. The van der Waals surface area contributed by atoms with E-state index in [2.05, 4.69) is 15.0 Å². The molecule has 1 N–H and O–H groups in total. The summed E-state index contributed by atoms with van der Waals surface area (Å²) >= 11 is 5.85. The van der Waals surface area contributed by atoms with E-state index in [-0.39, 0.29) is 12.2 Å². The van der Waals surface area contributed by atoms with E-state index in [1.807, 2.05) is 12.1 Å². The lowest BCUT2D eigenvalue weighted by Crippen LogP contribution is -2.30. The van der Waals surface area contributed by atoms with E-state index in [1.54, 1.807) is 24.3 Å². The summed E-state index contributed by atoms with van der Waals surface area (Å²) in [5, 5.41) is 3.08. The monoisotopic (exact) mass is 304 g/mol. The van der Waals surface area contributed by atoms with Gasteiger partial charge in [-0.15, -0.1) is 0 Å². The highest BCUT2D eigenvalue weighted by molar-refractivity contribution is 6.30. The first-order valence-corrected chi connectivity index (χ1v) is 6.55. The summed E-state index contributed by atoms with van der Waals surface area (Å²) in [5.74, 6) is -0.951. The van der Waals surface area contributed by atoms with Crippen LogP contribution in [0.5, 0.6) is 0 Å². The average Bonchev–Trinajstić information content (AvgIpc) is 2.53. The number of methoxy groups -OCH3 is 1. The van der Waals surface area contributed by atoms with Gasteiger partial charge < -0.3 is 10.1 Å². The Morgan fingerprint density at radius 3 is 2.57 bits per heavy atom. The maximum atomic E-state index is 11.9. The Morgan fingerprint density at radius 2 is 1.90 bits per heavy atom. The van der Waals surface area contributed by atoms with Gasteiger partial charge >= 0.3 is 5.97 Å². The second-order valence-electron chi connectivity index (χ2n) is 4.20. The molecule has 0 radical (unpaired) electrons. The van der Waals surface area contributed by atoms with Crippen molar-refractivity contribution in [3.05, 3.63) is 53.3 Å². The Balaban J connectivity index is 2.15. The zero-order valence-corrected chi connectivity index (χ0v) is 12.1. The third-order valence-corrected chi connectivity index (χ3v) is 3.04. The first-order valence-electron chi connectivity index (χ1n) is 6.17. The number of hydrogen-bond acceptors (Lipinski definition) is 4. The molecule has 0 fully saturated rings. The molecule has 108 valence electrons. The molecule has 1 heterocycles. The van der Waals surface area contributed by atoms with E-state index < -0.39 is 11.9 Å². The van der Waals surface area contributed by atoms with E-state index in [4.69, 9.17) is 11.6 Å². The standard InChI is InChI=1S/C15H13ClN2O3/c1-21-14(19)9-18-15(20)13-8-11(6-7-17-13)10-2-4-12(16)5-3-10/h2-8H,9H2,1H3,(H,18,20). The van der Waals surface area contributed by atoms with Gasteiger partial charge in [0.15, 0.2) is 0 Å². The van der Waals surface area contributed by atoms with Crippen LogP contribution in [0.1, 0.15) is 10.5 Å². The number of carbonyl (C=O) groups is 2. The molecule has 0 saturated carbocycles. The summed E-state index contributed by atoms with van der Waals surface area (Å²) in [4.78, 5) is 26.9. The van der Waals surface area contributed by atoms with Crippen molar-refractivity contribution in [2.75, 3.05) is 13.7 Å². The maximum absolute atomic E-state index is 11.9. The van der Waals surface area contributed by atoms with E-state index in [9.17, 15) is 9.59 Å². The summed E-state index contributed by atoms with van der Waals surface area (Å²) in [6.07, 6.45) is 1.54. The molecule has 0 aliphatic rings. The Hall–Kier alpha value is -2.40. The van der Waals surface area contributed by atoms with Crippen LogP contribution in [0.2, 0.25) is 5.02 Å². The van der Waals surface area contributed by atoms with Gasteiger partial charge in [-0.05, 0) is 35.4 Å². The number of rotatable bonds is 4. The number of halogens is 1. The van der Waals surface area contributed by atoms with Crippen molar-refractivity contribution >= 4 is 23.5 Å². The summed E-state index contributed by atoms with van der Waals surface area (Å²) in [5.41, 5.74) is 1.99. The second-order valence-corrected chi connectivity index (χ2v) is 4.63. The summed E-state index contributed by atoms with van der Waals surface area (Å²) in [7, 11) is 1.26. The second kappa shape index (κ2) is 6.85. The topological polar surface area (TPSA) is 68.3 Å². The molecule has 0 spiro atoms. The Morgan fingerprint density at radius 1 is 1.19 bits per heavy atom. The van der Waals surface area contributed by atoms with Crippen LogP contribution in [0.4, 0.5) is 0 Å². The van der Waals surface area contributed by atoms with Crippen molar-refractivity contribution in [2.45, 2.75) is 0 Å². The van der Waals surface area contributed by atoms with Crippen LogP contribution >= 0.6 is 11.6 Å². The largest absolute Gasteiger partial charge is 0.468 e. The number of nitrogens with zero attached hydrogens (tertiary/aromatic N) is 1. The minimum Gasteiger partial charge on any atom is -0.468 e. The minimum atomic E-state index is -0.516. The van der Waals surface area contributed by atoms with Gasteiger partial charge in [0.2, 0.25) is 0 Å². The average molecular weight is 305 g/mol. The molecule has 0 unspecified atom stereocenters. The van der Waals surface area contributed by atoms with Crippen molar-refractivity contribution < 1.29 is 14.3 Å². The molecule has 21 heavy (non-hydrogen) atoms. The van der Waals surface area contributed by atoms with Crippen LogP contribution in [-0.4, -0.2) is 30.5 Å². The number of carbonyl (C=O) groups excluding carboxylic acids is 2. The molecule has 1 aromatic carbocycles. The lowest BCUT2D eigenvalue weighted by atomic mass is 10.1. The van der Waals surface area contributed by atoms with Gasteiger partial charge in [0.05, 0.1) is 7.11 Å². The predicted octanol–water partition coefficient (Wildman–Crippen LogP) is 2.30. The quantitative estimate of drug-likeness (QED) is 0.880. The first kappa shape index (κ1) is 15.0. The van der Waals surface area contributed by atoms with Gasteiger partial charge in [0.1, 0.15) is 12.2 Å². The molecule has 6 heteroatoms. The van der Waals surface area contributed by atoms with Crippen molar-refractivity contribution in [1.29, 1.82) is 0 Å². The number of pyridine rings is 1. The highest BCUT2D eigenvalue weighted by Gasteiger charge is 2.10. The molecule has 1 aromatic heterocycles. The number of hydrogen-bond donors (Lipinski definition) is 1. The van der Waals surface area contributed by atoms with Gasteiger partial charge in [-0.25, -0.2) is 0 Å². The van der Waals surface area contributed by atoms with Gasteiger partial charge in [0.25, 0.3) is 5.91 Å². The molecule has 0 aliphatic carbocycles. The summed E-state index contributed by atoms with van der Waals surface area (Å²) < 4.78 is 4.45. The van der Waals surface area contributed by atoms with E-state index in [0.717, 1.165) is 11.1 Å². The zero-order chi connectivity index (χ0) is 15.2. The van der Waals surface area contributed by atoms with Gasteiger partial charge in [-0.3, -0.25) is 14.6 Å². The minimum absolute atomic E-state index is 0.192. The van der Waals surface area contributed by atoms with E-state index >= 15 is 0 Å². The fourth-order valence-corrected chi connectivity index (χ4v) is 1.82. The molecule has 2 aromatic rings. The Labute approximate surface area is 126 Å². The van der Waals surface area contributed by atoms with Crippen LogP contribution in [0.3, 0.4) is 0 Å². The van der Waals surface area contributed by atoms with Crippen LogP contribution in [-0.2, 0) is 9.53 Å². The maximum Gasteiger partial charge on any atom is 0.325 e. The van der Waals surface area contributed by atoms with Gasteiger partial charge in [-0.1, -0.05) is 23.7 Å². The normalized spacial score (nSPS) is 10.0. The predicted molar refractivity (Wildman–Crippen MR) is 79.0 cm³/mol. The molecular weight excluding hydrogens is 292 g/mol. The number of nitrogens with one attached hydrogen (secondary N) is 1. The fourth-order valence-electron chi connectivity index (χ4n) is 1.69. The highest BCUT2D eigenvalue weighted by atomic mass is 35.5. The van der Waals surface area contributed by atoms with Crippen molar-refractivity contribution in [1.82, 2.24) is 10.3 Å². The van der Waals surface area contributed by atoms with Crippen molar-refractivity contribution in [3.8, 4) is 11.1 Å². The SMILES string of the molecule is COC(=O)CNC(=O)c1cc(-c2ccc(Cl)cc2)ccn1. The van der Waals surface area contributed by atoms with Gasteiger partial charge in [-0.2, -0.15) is 0 Å². The number of esters is 1. The summed E-state index contributed by atoms with van der Waals surface area (Å²) in [6, 6.07) is 10.7. The van der Waals surface area contributed by atoms with Crippen LogP contribution in [0.15, 0.2) is 42.6 Å². The van der Waals surface area contributed by atoms with E-state index in [1.165, 1.54) is 13.3 Å². The van der Waals surface area contributed by atoms with E-state index in [0.29, 0.717) is 5.02 Å². The summed E-state index contributed by atoms with van der Waals surface area (Å²) in [6.45, 7) is -0.192. The molecule has 0 bridgehead atoms. The highest BCUT2D eigenvalue weighted by Crippen LogP contribution is 2.21. The first-order chi connectivity index (χ1) is 10.1. The Bertz CT molecular complexity index is 656. The van der Waals surface area contributed by atoms with Gasteiger partial charge in [0, 0.05) is 11.2 Å². The van der Waals surface area contributed by atoms with Crippen molar-refractivity contribution in [3.63, 3.8) is 0 Å². The molecule has 0 atom stereocenters. The number of ether oxygens (including phenoxy) is 1. The Kier molecular flexibility index (Phi) is 4.90. The number of aromatic nitrogens is 1. The zero-order valence-electron chi connectivity index (χ0n) is 11.3. The molecule has 1 amide bonds. The lowest BCUT2D eigenvalue weighted by molar-refractivity contribution is -0.139. The smallest absolute Gasteiger partial charge is 0.325 e. The molecule has 2 rings (SSSR count). The molecule has 5 nitrogen and oxygen atoms in total. The molecule has 0 aliphatic heterocycles.